The van der Waals surface area contributed by atoms with E-state index in [9.17, 15) is 0 Å². The molecule has 3 N–H and O–H groups in total. The van der Waals surface area contributed by atoms with Gasteiger partial charge >= 0.3 is 0 Å². The molecule has 3 heteroatoms. The van der Waals surface area contributed by atoms with Gasteiger partial charge in [0.1, 0.15) is 0 Å². The van der Waals surface area contributed by atoms with Crippen LogP contribution in [-0.2, 0) is 6.42 Å². The van der Waals surface area contributed by atoms with E-state index in [1.165, 1.54) is 16.3 Å². The van der Waals surface area contributed by atoms with E-state index in [4.69, 9.17) is 17.3 Å². The number of fused-ring (bicyclic) bond motifs is 1. The number of anilines is 1. The number of nitrogens with two attached hydrogens (primary N) is 1. The van der Waals surface area contributed by atoms with Crippen LogP contribution in [0.3, 0.4) is 0 Å². The first-order valence-electron chi connectivity index (χ1n) is 8.61. The van der Waals surface area contributed by atoms with Crippen LogP contribution in [0.15, 0.2) is 67.2 Å². The summed E-state index contributed by atoms with van der Waals surface area (Å²) in [7, 11) is 0. The van der Waals surface area contributed by atoms with E-state index in [1.54, 1.807) is 0 Å². The third kappa shape index (κ3) is 4.41. The summed E-state index contributed by atoms with van der Waals surface area (Å²) >= 11 is 5.97. The zero-order valence-electron chi connectivity index (χ0n) is 14.3. The smallest absolute Gasteiger partial charge is 0.0407 e. The maximum atomic E-state index is 5.97. The lowest BCUT2D eigenvalue weighted by molar-refractivity contribution is 0.744. The monoisotopic (exact) mass is 350 g/mol. The van der Waals surface area contributed by atoms with Gasteiger partial charge in [0.05, 0.1) is 0 Å². The molecule has 3 aromatic carbocycles. The van der Waals surface area contributed by atoms with Crippen molar-refractivity contribution in [3.05, 3.63) is 83.4 Å². The number of aryl methyl sites for hydroxylation is 1. The molecule has 0 saturated carbocycles. The highest BCUT2D eigenvalue weighted by atomic mass is 35.5. The largest absolute Gasteiger partial charge is 0.356 e. The highest BCUT2D eigenvalue weighted by Crippen LogP contribution is 2.27. The summed E-state index contributed by atoms with van der Waals surface area (Å²) in [5.74, 6) is 0. The fourth-order valence-corrected chi connectivity index (χ4v) is 3.14. The molecule has 0 amide bonds. The van der Waals surface area contributed by atoms with Gasteiger partial charge in [-0.2, -0.15) is 0 Å². The number of rotatable bonds is 7. The van der Waals surface area contributed by atoms with Crippen molar-refractivity contribution in [3.63, 3.8) is 0 Å². The number of hydrogen-bond acceptors (Lipinski definition) is 2. The van der Waals surface area contributed by atoms with Crippen LogP contribution in [0.2, 0.25) is 5.02 Å². The number of nitrogens with one attached hydrogen (secondary N) is 1. The summed E-state index contributed by atoms with van der Waals surface area (Å²) in [6, 6.07) is 20.6. The first kappa shape index (κ1) is 17.5. The van der Waals surface area contributed by atoms with E-state index < -0.39 is 0 Å². The van der Waals surface area contributed by atoms with Crippen LogP contribution < -0.4 is 11.1 Å². The molecule has 0 aliphatic heterocycles. The van der Waals surface area contributed by atoms with Gasteiger partial charge in [-0.1, -0.05) is 48.5 Å². The fourth-order valence-electron chi connectivity index (χ4n) is 3.01. The van der Waals surface area contributed by atoms with Crippen LogP contribution in [-0.4, -0.2) is 6.54 Å². The van der Waals surface area contributed by atoms with Crippen molar-refractivity contribution < 1.29 is 0 Å². The van der Waals surface area contributed by atoms with Gasteiger partial charge in [-0.25, -0.2) is 0 Å². The predicted octanol–water partition coefficient (Wildman–Crippen LogP) is 5.86. The number of benzene rings is 3. The minimum absolute atomic E-state index is 0.726. The molecule has 2 nitrogen and oxygen atoms in total. The molecular weight excluding hydrogens is 328 g/mol. The van der Waals surface area contributed by atoms with Crippen LogP contribution in [0, 0.1) is 0 Å². The molecule has 0 heterocycles. The Balaban J connectivity index is 1.92. The van der Waals surface area contributed by atoms with Gasteiger partial charge in [-0.15, -0.1) is 0 Å². The molecule has 0 atom stereocenters. The highest BCUT2D eigenvalue weighted by Gasteiger charge is 2.09. The average Bonchev–Trinajstić information content (AvgIpc) is 2.63. The lowest BCUT2D eigenvalue weighted by Crippen LogP contribution is -2.03. The highest BCUT2D eigenvalue weighted by molar-refractivity contribution is 6.30. The predicted molar refractivity (Wildman–Crippen MR) is 110 cm³/mol. The zero-order chi connectivity index (χ0) is 17.6. The lowest BCUT2D eigenvalue weighted by atomic mass is 9.95. The molecule has 3 rings (SSSR count). The van der Waals surface area contributed by atoms with E-state index in [1.807, 2.05) is 24.3 Å². The van der Waals surface area contributed by atoms with E-state index in [0.29, 0.717) is 0 Å². The molecule has 0 unspecified atom stereocenters. The molecule has 0 bridgehead atoms. The van der Waals surface area contributed by atoms with Crippen LogP contribution in [0.1, 0.15) is 24.0 Å². The topological polar surface area (TPSA) is 38.0 Å². The Kier molecular flexibility index (Phi) is 5.75. The molecule has 0 aliphatic rings. The van der Waals surface area contributed by atoms with Crippen molar-refractivity contribution in [2.75, 3.05) is 11.9 Å². The summed E-state index contributed by atoms with van der Waals surface area (Å²) in [4.78, 5) is 0. The van der Waals surface area contributed by atoms with Crippen molar-refractivity contribution in [2.24, 2.45) is 5.73 Å². The summed E-state index contributed by atoms with van der Waals surface area (Å²) in [6.07, 6.45) is 3.11. The lowest BCUT2D eigenvalue weighted by Gasteiger charge is -2.16. The van der Waals surface area contributed by atoms with Gasteiger partial charge in [0, 0.05) is 22.0 Å². The summed E-state index contributed by atoms with van der Waals surface area (Å²) in [5.41, 5.74) is 10.00. The summed E-state index contributed by atoms with van der Waals surface area (Å²) < 4.78 is 0. The second-order valence-electron chi connectivity index (χ2n) is 6.21. The normalized spacial score (nSPS) is 10.8. The van der Waals surface area contributed by atoms with Gasteiger partial charge in [-0.05, 0) is 72.5 Å². The molecule has 3 aromatic rings. The van der Waals surface area contributed by atoms with Crippen LogP contribution in [0.5, 0.6) is 0 Å². The molecule has 0 fully saturated rings. The van der Waals surface area contributed by atoms with Crippen molar-refractivity contribution in [3.8, 4) is 0 Å². The first-order chi connectivity index (χ1) is 12.2. The van der Waals surface area contributed by atoms with E-state index in [0.717, 1.165) is 47.8 Å². The fraction of sp³-hybridized carbons (Fsp3) is 0.182. The van der Waals surface area contributed by atoms with Crippen molar-refractivity contribution in [2.45, 2.75) is 19.3 Å². The van der Waals surface area contributed by atoms with E-state index in [2.05, 4.69) is 48.3 Å². The molecule has 0 aromatic heterocycles. The molecule has 0 spiro atoms. The standard InChI is InChI=1S/C22H23ClN2/c1-16(25-21-11-9-20(23)10-12-21)22-15-18-7-3-2-6-17(18)14-19(22)8-4-5-13-24/h2-3,6-7,9-12,14-15,25H,1,4-5,8,13,24H2. The molecule has 0 radical (unpaired) electrons. The Morgan fingerprint density at radius 2 is 1.64 bits per heavy atom. The Labute approximate surface area is 154 Å². The Morgan fingerprint density at radius 3 is 2.32 bits per heavy atom. The Bertz CT molecular complexity index is 869. The van der Waals surface area contributed by atoms with E-state index in [-0.39, 0.29) is 0 Å². The molecule has 128 valence electrons. The molecule has 0 saturated heterocycles. The van der Waals surface area contributed by atoms with Crippen molar-refractivity contribution >= 4 is 33.8 Å². The van der Waals surface area contributed by atoms with Gasteiger partial charge in [-0.3, -0.25) is 0 Å². The maximum absolute atomic E-state index is 5.97. The number of hydrogen-bond donors (Lipinski definition) is 2. The van der Waals surface area contributed by atoms with Crippen LogP contribution >= 0.6 is 11.6 Å². The number of halogens is 1. The summed E-state index contributed by atoms with van der Waals surface area (Å²) in [5, 5.41) is 6.61. The van der Waals surface area contributed by atoms with Gasteiger partial charge in [0.2, 0.25) is 0 Å². The third-order valence-corrected chi connectivity index (χ3v) is 4.59. The first-order valence-corrected chi connectivity index (χ1v) is 8.99. The van der Waals surface area contributed by atoms with Crippen LogP contribution in [0.4, 0.5) is 5.69 Å². The molecule has 25 heavy (non-hydrogen) atoms. The van der Waals surface area contributed by atoms with Crippen molar-refractivity contribution in [1.29, 1.82) is 0 Å². The minimum Gasteiger partial charge on any atom is -0.356 e. The second kappa shape index (κ2) is 8.19. The quantitative estimate of drug-likeness (QED) is 0.524. The Hall–Kier alpha value is -2.29. The van der Waals surface area contributed by atoms with Crippen molar-refractivity contribution in [1.82, 2.24) is 0 Å². The molecular formula is C22H23ClN2. The Morgan fingerprint density at radius 1 is 0.960 bits per heavy atom. The second-order valence-corrected chi connectivity index (χ2v) is 6.65. The maximum Gasteiger partial charge on any atom is 0.0407 e. The van der Waals surface area contributed by atoms with Gasteiger partial charge < -0.3 is 11.1 Å². The SMILES string of the molecule is C=C(Nc1ccc(Cl)cc1)c1cc2ccccc2cc1CCCCN. The van der Waals surface area contributed by atoms with Crippen LogP contribution in [0.25, 0.3) is 16.5 Å². The zero-order valence-corrected chi connectivity index (χ0v) is 15.0. The number of unbranched alkanes of at least 4 members (excludes halogenated alkanes) is 1. The average molecular weight is 351 g/mol. The van der Waals surface area contributed by atoms with Gasteiger partial charge in [0.25, 0.3) is 0 Å². The summed E-state index contributed by atoms with van der Waals surface area (Å²) in [6.45, 7) is 5.00. The van der Waals surface area contributed by atoms with E-state index >= 15 is 0 Å². The molecule has 0 aliphatic carbocycles. The minimum atomic E-state index is 0.726. The third-order valence-electron chi connectivity index (χ3n) is 4.34. The van der Waals surface area contributed by atoms with Gasteiger partial charge in [0.15, 0.2) is 0 Å².